The monoisotopic (exact) mass is 314 g/mol. The summed E-state index contributed by atoms with van der Waals surface area (Å²) >= 11 is 9.20. The van der Waals surface area contributed by atoms with Crippen LogP contribution < -0.4 is 4.90 Å². The maximum absolute atomic E-state index is 13.1. The Kier molecular flexibility index (Phi) is 3.64. The molecule has 0 unspecified atom stereocenters. The van der Waals surface area contributed by atoms with E-state index >= 15 is 0 Å². The molecule has 2 nitrogen and oxygen atoms in total. The Hall–Kier alpha value is -1.13. The molecule has 1 heterocycles. The minimum Gasteiger partial charge on any atom is -0.328 e. The van der Waals surface area contributed by atoms with Crippen molar-refractivity contribution in [3.8, 4) is 0 Å². The van der Waals surface area contributed by atoms with Crippen molar-refractivity contribution in [3.05, 3.63) is 51.8 Å². The summed E-state index contributed by atoms with van der Waals surface area (Å²) in [4.78, 5) is 5.99. The Morgan fingerprint density at radius 1 is 1.35 bits per heavy atom. The second-order valence-electron chi connectivity index (χ2n) is 3.50. The highest BCUT2D eigenvalue weighted by atomic mass is 79.9. The quantitative estimate of drug-likeness (QED) is 0.816. The summed E-state index contributed by atoms with van der Waals surface area (Å²) in [6, 6.07) is 8.07. The summed E-state index contributed by atoms with van der Waals surface area (Å²) in [6.07, 6.45) is 1.55. The molecular formula is C12H9BrClFN2. The average molecular weight is 316 g/mol. The molecule has 88 valence electrons. The Morgan fingerprint density at radius 3 is 2.76 bits per heavy atom. The van der Waals surface area contributed by atoms with Crippen LogP contribution in [0, 0.1) is 5.82 Å². The van der Waals surface area contributed by atoms with Crippen molar-refractivity contribution in [3.63, 3.8) is 0 Å². The lowest BCUT2D eigenvalue weighted by molar-refractivity contribution is 0.628. The molecule has 0 fully saturated rings. The van der Waals surface area contributed by atoms with Crippen molar-refractivity contribution in [2.75, 3.05) is 11.9 Å². The van der Waals surface area contributed by atoms with Gasteiger partial charge in [0, 0.05) is 18.9 Å². The molecule has 0 aliphatic carbocycles. The van der Waals surface area contributed by atoms with Gasteiger partial charge < -0.3 is 4.90 Å². The first-order valence-corrected chi connectivity index (χ1v) is 6.05. The van der Waals surface area contributed by atoms with E-state index in [4.69, 9.17) is 11.6 Å². The summed E-state index contributed by atoms with van der Waals surface area (Å²) in [5.41, 5.74) is 0.723. The van der Waals surface area contributed by atoms with E-state index in [9.17, 15) is 4.39 Å². The molecule has 2 aromatic rings. The lowest BCUT2D eigenvalue weighted by Gasteiger charge is -2.19. The number of anilines is 2. The van der Waals surface area contributed by atoms with Crippen molar-refractivity contribution in [2.24, 2.45) is 0 Å². The fourth-order valence-corrected chi connectivity index (χ4v) is 2.37. The zero-order chi connectivity index (χ0) is 12.4. The molecule has 1 aromatic heterocycles. The van der Waals surface area contributed by atoms with E-state index in [-0.39, 0.29) is 5.82 Å². The number of halogens is 3. The highest BCUT2D eigenvalue weighted by Gasteiger charge is 2.10. The standard InChI is InChI=1S/C12H9BrClFN2/c1-17(10-4-2-3-9(15)6-10)12-11(13)5-8(14)7-16-12/h2-7H,1H3. The minimum absolute atomic E-state index is 0.278. The van der Waals surface area contributed by atoms with Gasteiger partial charge >= 0.3 is 0 Å². The minimum atomic E-state index is -0.278. The number of hydrogen-bond acceptors (Lipinski definition) is 2. The third kappa shape index (κ3) is 2.76. The van der Waals surface area contributed by atoms with Crippen LogP contribution in [0.3, 0.4) is 0 Å². The zero-order valence-corrected chi connectivity index (χ0v) is 11.3. The molecular weight excluding hydrogens is 307 g/mol. The molecule has 0 saturated heterocycles. The normalized spacial score (nSPS) is 10.4. The van der Waals surface area contributed by atoms with E-state index in [1.807, 2.05) is 13.1 Å². The van der Waals surface area contributed by atoms with Crippen LogP contribution in [0.25, 0.3) is 0 Å². The second kappa shape index (κ2) is 5.02. The fourth-order valence-electron chi connectivity index (χ4n) is 1.46. The van der Waals surface area contributed by atoms with Crippen LogP contribution >= 0.6 is 27.5 Å². The summed E-state index contributed by atoms with van der Waals surface area (Å²) in [6.45, 7) is 0. The van der Waals surface area contributed by atoms with Crippen molar-refractivity contribution in [1.82, 2.24) is 4.98 Å². The summed E-state index contributed by atoms with van der Waals surface area (Å²) in [7, 11) is 1.82. The fraction of sp³-hybridized carbons (Fsp3) is 0.0833. The molecule has 0 radical (unpaired) electrons. The van der Waals surface area contributed by atoms with Crippen LogP contribution in [-0.4, -0.2) is 12.0 Å². The summed E-state index contributed by atoms with van der Waals surface area (Å²) in [5.74, 6) is 0.402. The van der Waals surface area contributed by atoms with Gasteiger partial charge in [0.15, 0.2) is 0 Å². The van der Waals surface area contributed by atoms with Crippen LogP contribution in [0.1, 0.15) is 0 Å². The Balaban J connectivity index is 2.40. The molecule has 0 amide bonds. The van der Waals surface area contributed by atoms with Crippen molar-refractivity contribution in [1.29, 1.82) is 0 Å². The van der Waals surface area contributed by atoms with E-state index in [1.165, 1.54) is 12.1 Å². The number of pyridine rings is 1. The van der Waals surface area contributed by atoms with Crippen LogP contribution in [0.4, 0.5) is 15.9 Å². The van der Waals surface area contributed by atoms with Crippen LogP contribution in [0.2, 0.25) is 5.02 Å². The third-order valence-corrected chi connectivity index (χ3v) is 3.09. The number of aromatic nitrogens is 1. The van der Waals surface area contributed by atoms with Crippen LogP contribution in [0.5, 0.6) is 0 Å². The van der Waals surface area contributed by atoms with E-state index in [2.05, 4.69) is 20.9 Å². The molecule has 0 bridgehead atoms. The average Bonchev–Trinajstić information content (AvgIpc) is 2.28. The first-order valence-electron chi connectivity index (χ1n) is 4.88. The number of hydrogen-bond donors (Lipinski definition) is 0. The van der Waals surface area contributed by atoms with Gasteiger partial charge in [0.1, 0.15) is 11.6 Å². The van der Waals surface area contributed by atoms with Gasteiger partial charge in [-0.25, -0.2) is 9.37 Å². The molecule has 17 heavy (non-hydrogen) atoms. The van der Waals surface area contributed by atoms with Crippen LogP contribution in [0.15, 0.2) is 41.0 Å². The molecule has 0 aliphatic rings. The lowest BCUT2D eigenvalue weighted by Crippen LogP contribution is -2.11. The van der Waals surface area contributed by atoms with Gasteiger partial charge in [-0.3, -0.25) is 0 Å². The summed E-state index contributed by atoms with van der Waals surface area (Å²) < 4.78 is 13.9. The van der Waals surface area contributed by atoms with E-state index in [0.29, 0.717) is 10.8 Å². The molecule has 0 atom stereocenters. The number of nitrogens with zero attached hydrogens (tertiary/aromatic N) is 2. The molecule has 0 N–H and O–H groups in total. The molecule has 0 aliphatic heterocycles. The van der Waals surface area contributed by atoms with Gasteiger partial charge in [-0.2, -0.15) is 0 Å². The van der Waals surface area contributed by atoms with Gasteiger partial charge in [0.05, 0.1) is 9.50 Å². The van der Waals surface area contributed by atoms with Gasteiger partial charge in [-0.1, -0.05) is 17.7 Å². The zero-order valence-electron chi connectivity index (χ0n) is 8.99. The molecule has 5 heteroatoms. The Labute approximate surface area is 112 Å². The van der Waals surface area contributed by atoms with Crippen molar-refractivity contribution in [2.45, 2.75) is 0 Å². The largest absolute Gasteiger partial charge is 0.328 e. The van der Waals surface area contributed by atoms with E-state index < -0.39 is 0 Å². The lowest BCUT2D eigenvalue weighted by atomic mass is 10.3. The molecule has 0 saturated carbocycles. The predicted molar refractivity (Wildman–Crippen MR) is 71.4 cm³/mol. The highest BCUT2D eigenvalue weighted by Crippen LogP contribution is 2.30. The predicted octanol–water partition coefficient (Wildman–Crippen LogP) is 4.40. The van der Waals surface area contributed by atoms with Gasteiger partial charge in [-0.15, -0.1) is 0 Å². The topological polar surface area (TPSA) is 16.1 Å². The molecule has 0 spiro atoms. The van der Waals surface area contributed by atoms with Gasteiger partial charge in [0.25, 0.3) is 0 Å². The van der Waals surface area contributed by atoms with Crippen molar-refractivity contribution >= 4 is 39.0 Å². The Morgan fingerprint density at radius 2 is 2.12 bits per heavy atom. The SMILES string of the molecule is CN(c1cccc(F)c1)c1ncc(Cl)cc1Br. The highest BCUT2D eigenvalue weighted by molar-refractivity contribution is 9.10. The number of benzene rings is 1. The van der Waals surface area contributed by atoms with Crippen molar-refractivity contribution < 1.29 is 4.39 Å². The van der Waals surface area contributed by atoms with E-state index in [0.717, 1.165) is 10.2 Å². The first kappa shape index (κ1) is 12.3. The molecule has 1 aromatic carbocycles. The first-order chi connectivity index (χ1) is 8.08. The number of rotatable bonds is 2. The Bertz CT molecular complexity index is 548. The third-order valence-electron chi connectivity index (χ3n) is 2.30. The maximum Gasteiger partial charge on any atom is 0.147 e. The molecule has 2 rings (SSSR count). The smallest absolute Gasteiger partial charge is 0.147 e. The van der Waals surface area contributed by atoms with Gasteiger partial charge in [0.2, 0.25) is 0 Å². The second-order valence-corrected chi connectivity index (χ2v) is 4.79. The summed E-state index contributed by atoms with van der Waals surface area (Å²) in [5, 5.41) is 0.549. The van der Waals surface area contributed by atoms with Crippen LogP contribution in [-0.2, 0) is 0 Å². The van der Waals surface area contributed by atoms with Gasteiger partial charge in [-0.05, 0) is 40.2 Å². The van der Waals surface area contributed by atoms with E-state index in [1.54, 1.807) is 23.2 Å². The maximum atomic E-state index is 13.1.